The molecule has 4 aromatic carbocycles. The van der Waals surface area contributed by atoms with Crippen LogP contribution in [0.5, 0.6) is 0 Å². The predicted octanol–water partition coefficient (Wildman–Crippen LogP) is 14.6. The summed E-state index contributed by atoms with van der Waals surface area (Å²) in [6.45, 7) is 10.2. The number of carbonyl (C=O) groups is 2. The minimum absolute atomic E-state index is 0.0292. The van der Waals surface area contributed by atoms with Crippen molar-refractivity contribution in [1.29, 1.82) is 0 Å². The van der Waals surface area contributed by atoms with Gasteiger partial charge in [-0.3, -0.25) is 9.59 Å². The number of amides is 2. The first-order valence-corrected chi connectivity index (χ1v) is 22.4. The van der Waals surface area contributed by atoms with Gasteiger partial charge in [-0.15, -0.1) is 0 Å². The molecule has 2 N–H and O–H groups in total. The molecule has 296 valence electrons. The van der Waals surface area contributed by atoms with Gasteiger partial charge in [-0.1, -0.05) is 192 Å². The summed E-state index contributed by atoms with van der Waals surface area (Å²) in [6, 6.07) is 16.6. The van der Waals surface area contributed by atoms with Crippen molar-refractivity contribution in [2.75, 3.05) is 13.1 Å². The first-order chi connectivity index (χ1) is 26.5. The van der Waals surface area contributed by atoms with Gasteiger partial charge in [-0.25, -0.2) is 0 Å². The summed E-state index contributed by atoms with van der Waals surface area (Å²) in [6.07, 6.45) is 31.2. The molecule has 0 bridgehead atoms. The van der Waals surface area contributed by atoms with E-state index in [-0.39, 0.29) is 11.8 Å². The van der Waals surface area contributed by atoms with Crippen molar-refractivity contribution in [1.82, 2.24) is 10.6 Å². The van der Waals surface area contributed by atoms with Gasteiger partial charge < -0.3 is 10.6 Å². The van der Waals surface area contributed by atoms with Gasteiger partial charge in [-0.2, -0.15) is 0 Å². The third-order valence-electron chi connectivity index (χ3n) is 11.6. The van der Waals surface area contributed by atoms with Crippen LogP contribution in [0, 0.1) is 13.8 Å². The lowest BCUT2D eigenvalue weighted by Crippen LogP contribution is -2.25. The standard InChI is InChI=1S/C50H74N2O2/c1-5-7-9-11-13-15-17-19-21-23-25-27-35-51-49(53)44-37-41-38-45(50(54)52-36-28-26-24-22-20-18-16-14-12-10-8-6-2)43-34-30-32-40(4)47(43)48(41)46-39(3)31-29-33-42(44)46/h29-34,37-38H,5-28,35-36H2,1-4H3,(H,51,53)(H,52,54). The van der Waals surface area contributed by atoms with E-state index in [0.29, 0.717) is 24.2 Å². The van der Waals surface area contributed by atoms with Crippen LogP contribution in [-0.4, -0.2) is 24.9 Å². The van der Waals surface area contributed by atoms with Crippen molar-refractivity contribution in [2.45, 2.75) is 182 Å². The van der Waals surface area contributed by atoms with Gasteiger partial charge in [0.2, 0.25) is 0 Å². The molecule has 2 amide bonds. The van der Waals surface area contributed by atoms with Crippen molar-refractivity contribution in [2.24, 2.45) is 0 Å². The number of aryl methyl sites for hydroxylation is 2. The highest BCUT2D eigenvalue weighted by molar-refractivity contribution is 6.28. The van der Waals surface area contributed by atoms with E-state index in [4.69, 9.17) is 0 Å². The van der Waals surface area contributed by atoms with Crippen LogP contribution in [-0.2, 0) is 0 Å². The van der Waals surface area contributed by atoms with Crippen LogP contribution in [0.3, 0.4) is 0 Å². The maximum Gasteiger partial charge on any atom is 0.251 e. The molecule has 0 spiro atoms. The lowest BCUT2D eigenvalue weighted by molar-refractivity contribution is 0.0947. The van der Waals surface area contributed by atoms with Crippen LogP contribution in [0.1, 0.15) is 200 Å². The molecule has 0 heterocycles. The lowest BCUT2D eigenvalue weighted by atomic mass is 9.87. The number of fused-ring (bicyclic) bond motifs is 5. The minimum atomic E-state index is -0.0292. The first-order valence-electron chi connectivity index (χ1n) is 22.4. The van der Waals surface area contributed by atoms with E-state index < -0.39 is 0 Å². The highest BCUT2D eigenvalue weighted by atomic mass is 16.2. The Labute approximate surface area is 329 Å². The first kappa shape index (κ1) is 43.3. The summed E-state index contributed by atoms with van der Waals surface area (Å²) in [5.74, 6) is -0.0585. The zero-order valence-corrected chi connectivity index (χ0v) is 34.8. The Morgan fingerprint density at radius 1 is 0.426 bits per heavy atom. The number of nitrogens with one attached hydrogen (secondary N) is 2. The van der Waals surface area contributed by atoms with E-state index in [2.05, 4.69) is 74.7 Å². The third kappa shape index (κ3) is 13.4. The fraction of sp³-hybridized carbons (Fsp3) is 0.600. The van der Waals surface area contributed by atoms with Crippen molar-refractivity contribution in [3.05, 3.63) is 70.8 Å². The molecule has 0 aliphatic carbocycles. The second-order valence-electron chi connectivity index (χ2n) is 16.2. The molecule has 0 aromatic heterocycles. The number of rotatable bonds is 28. The number of unbranched alkanes of at least 4 members (excludes halogenated alkanes) is 22. The molecule has 0 aliphatic rings. The monoisotopic (exact) mass is 735 g/mol. The zero-order valence-electron chi connectivity index (χ0n) is 34.8. The molecule has 0 radical (unpaired) electrons. The third-order valence-corrected chi connectivity index (χ3v) is 11.6. The summed E-state index contributed by atoms with van der Waals surface area (Å²) >= 11 is 0. The highest BCUT2D eigenvalue weighted by Gasteiger charge is 2.20. The molecular weight excluding hydrogens is 661 g/mol. The predicted molar refractivity (Wildman–Crippen MR) is 235 cm³/mol. The van der Waals surface area contributed by atoms with Crippen LogP contribution in [0.15, 0.2) is 48.5 Å². The molecule has 0 saturated carbocycles. The van der Waals surface area contributed by atoms with Crippen molar-refractivity contribution < 1.29 is 9.59 Å². The Hall–Kier alpha value is -3.40. The largest absolute Gasteiger partial charge is 0.352 e. The molecule has 4 heteroatoms. The van der Waals surface area contributed by atoms with Gasteiger partial charge >= 0.3 is 0 Å². The SMILES string of the molecule is CCCCCCCCCCCCCCNC(=O)c1cc2cc(C(=O)NCCCCCCCCCCCCCC)c3cccc(C)c3c2c2c(C)cccc12. The maximum absolute atomic E-state index is 13.8. The average Bonchev–Trinajstić information content (AvgIpc) is 3.17. The molecular formula is C50H74N2O2. The molecule has 54 heavy (non-hydrogen) atoms. The summed E-state index contributed by atoms with van der Waals surface area (Å²) < 4.78 is 0. The van der Waals surface area contributed by atoms with Gasteiger partial charge in [0.15, 0.2) is 0 Å². The van der Waals surface area contributed by atoms with Gasteiger partial charge in [-0.05, 0) is 82.3 Å². The lowest BCUT2D eigenvalue weighted by Gasteiger charge is -2.18. The van der Waals surface area contributed by atoms with E-state index in [0.717, 1.165) is 69.1 Å². The van der Waals surface area contributed by atoms with E-state index in [1.807, 2.05) is 12.1 Å². The molecule has 4 nitrogen and oxygen atoms in total. The fourth-order valence-electron chi connectivity index (χ4n) is 8.42. The number of benzene rings is 4. The van der Waals surface area contributed by atoms with Crippen molar-refractivity contribution >= 4 is 44.1 Å². The maximum atomic E-state index is 13.8. The number of hydrogen-bond acceptors (Lipinski definition) is 2. The van der Waals surface area contributed by atoms with E-state index in [9.17, 15) is 9.59 Å². The molecule has 4 rings (SSSR count). The van der Waals surface area contributed by atoms with Crippen LogP contribution in [0.25, 0.3) is 32.3 Å². The fourth-order valence-corrected chi connectivity index (χ4v) is 8.42. The van der Waals surface area contributed by atoms with Crippen molar-refractivity contribution in [3.8, 4) is 0 Å². The Balaban J connectivity index is 1.36. The molecule has 0 aliphatic heterocycles. The topological polar surface area (TPSA) is 58.2 Å². The van der Waals surface area contributed by atoms with Crippen LogP contribution >= 0.6 is 0 Å². The van der Waals surface area contributed by atoms with Crippen LogP contribution in [0.2, 0.25) is 0 Å². The molecule has 0 fully saturated rings. The second kappa shape index (κ2) is 24.9. The Morgan fingerprint density at radius 2 is 0.741 bits per heavy atom. The molecule has 0 atom stereocenters. The summed E-state index contributed by atoms with van der Waals surface area (Å²) in [5.41, 5.74) is 3.66. The minimum Gasteiger partial charge on any atom is -0.352 e. The Bertz CT molecular complexity index is 1600. The van der Waals surface area contributed by atoms with Gasteiger partial charge in [0, 0.05) is 24.2 Å². The van der Waals surface area contributed by atoms with E-state index >= 15 is 0 Å². The van der Waals surface area contributed by atoms with Gasteiger partial charge in [0.05, 0.1) is 0 Å². The highest BCUT2D eigenvalue weighted by Crippen LogP contribution is 2.39. The van der Waals surface area contributed by atoms with Crippen molar-refractivity contribution in [3.63, 3.8) is 0 Å². The quantitative estimate of drug-likeness (QED) is 0.0451. The van der Waals surface area contributed by atoms with Crippen LogP contribution < -0.4 is 10.6 Å². The van der Waals surface area contributed by atoms with Crippen LogP contribution in [0.4, 0.5) is 0 Å². The summed E-state index contributed by atoms with van der Waals surface area (Å²) in [4.78, 5) is 27.6. The zero-order chi connectivity index (χ0) is 38.4. The summed E-state index contributed by atoms with van der Waals surface area (Å²) in [5, 5.41) is 12.7. The number of hydrogen-bond donors (Lipinski definition) is 2. The van der Waals surface area contributed by atoms with E-state index in [1.54, 1.807) is 0 Å². The molecule has 0 saturated heterocycles. The average molecular weight is 735 g/mol. The smallest absolute Gasteiger partial charge is 0.251 e. The normalized spacial score (nSPS) is 11.6. The summed E-state index contributed by atoms with van der Waals surface area (Å²) in [7, 11) is 0. The second-order valence-corrected chi connectivity index (χ2v) is 16.2. The van der Waals surface area contributed by atoms with E-state index in [1.165, 1.54) is 128 Å². The Morgan fingerprint density at radius 3 is 1.07 bits per heavy atom. The molecule has 4 aromatic rings. The number of carbonyl (C=O) groups excluding carboxylic acids is 2. The van der Waals surface area contributed by atoms with Gasteiger partial charge in [0.25, 0.3) is 11.8 Å². The Kier molecular flexibility index (Phi) is 20.0. The molecule has 0 unspecified atom stereocenters. The van der Waals surface area contributed by atoms with Gasteiger partial charge in [0.1, 0.15) is 0 Å².